The van der Waals surface area contributed by atoms with Gasteiger partial charge < -0.3 is 19.0 Å². The molecule has 0 saturated carbocycles. The van der Waals surface area contributed by atoms with E-state index in [9.17, 15) is 9.18 Å². The van der Waals surface area contributed by atoms with E-state index in [1.54, 1.807) is 25.3 Å². The Morgan fingerprint density at radius 3 is 2.42 bits per heavy atom. The molecule has 162 valence electrons. The van der Waals surface area contributed by atoms with Gasteiger partial charge >= 0.3 is 0 Å². The molecule has 1 fully saturated rings. The van der Waals surface area contributed by atoms with E-state index in [0.29, 0.717) is 25.4 Å². The van der Waals surface area contributed by atoms with Crippen LogP contribution in [-0.4, -0.2) is 31.0 Å². The zero-order chi connectivity index (χ0) is 21.6. The fourth-order valence-corrected chi connectivity index (χ4v) is 4.10. The van der Waals surface area contributed by atoms with Gasteiger partial charge in [0.25, 0.3) is 5.91 Å². The number of ether oxygens (including phenoxy) is 1. The van der Waals surface area contributed by atoms with E-state index in [-0.39, 0.29) is 11.7 Å². The first-order valence-electron chi connectivity index (χ1n) is 10.7. The molecule has 0 aliphatic carbocycles. The van der Waals surface area contributed by atoms with Crippen molar-refractivity contribution in [2.45, 2.75) is 32.5 Å². The molecule has 4 rings (SSSR count). The number of carbonyl (C=O) groups is 1. The van der Waals surface area contributed by atoms with Crippen LogP contribution in [0.15, 0.2) is 65.1 Å². The number of rotatable bonds is 8. The predicted octanol–water partition coefficient (Wildman–Crippen LogP) is 3.45. The van der Waals surface area contributed by atoms with E-state index in [1.807, 2.05) is 35.2 Å². The molecule has 0 radical (unpaired) electrons. The van der Waals surface area contributed by atoms with Crippen molar-refractivity contribution in [3.63, 3.8) is 0 Å². The maximum absolute atomic E-state index is 13.7. The molecule has 1 N–H and O–H groups in total. The first-order valence-corrected chi connectivity index (χ1v) is 10.7. The Labute approximate surface area is 182 Å². The summed E-state index contributed by atoms with van der Waals surface area (Å²) in [5.74, 6) is 1.66. The fraction of sp³-hybridized carbons (Fsp3) is 0.320. The van der Waals surface area contributed by atoms with E-state index >= 15 is 0 Å². The molecule has 3 aromatic rings. The lowest BCUT2D eigenvalue weighted by molar-refractivity contribution is -0.942. The van der Waals surface area contributed by atoms with Crippen LogP contribution in [0, 0.1) is 5.82 Å². The third kappa shape index (κ3) is 5.52. The number of likely N-dealkylation sites (tertiary alicyclic amines) is 1. The second-order valence-corrected chi connectivity index (χ2v) is 8.03. The molecular weight excluding hydrogens is 395 g/mol. The largest absolute Gasteiger partial charge is 0.497 e. The molecule has 0 spiro atoms. The minimum Gasteiger partial charge on any atom is -0.497 e. The smallest absolute Gasteiger partial charge is 0.289 e. The van der Waals surface area contributed by atoms with Crippen molar-refractivity contribution in [1.29, 1.82) is 0 Å². The number of quaternary nitrogens is 1. The normalized spacial score (nSPS) is 14.6. The first kappa shape index (κ1) is 21.1. The van der Waals surface area contributed by atoms with Gasteiger partial charge in [0.15, 0.2) is 11.5 Å². The first-order chi connectivity index (χ1) is 15.1. The summed E-state index contributed by atoms with van der Waals surface area (Å²) in [6.07, 6.45) is 2.09. The van der Waals surface area contributed by atoms with Gasteiger partial charge in [0, 0.05) is 24.2 Å². The summed E-state index contributed by atoms with van der Waals surface area (Å²) >= 11 is 0. The molecule has 5 nitrogen and oxygen atoms in total. The SMILES string of the molecule is COc1cccc(C[NH+](Cc2cccc(F)c2)Cc2ccc(C(=O)N3CCCC3)o2)c1. The quantitative estimate of drug-likeness (QED) is 0.604. The van der Waals surface area contributed by atoms with Crippen molar-refractivity contribution < 1.29 is 23.2 Å². The lowest BCUT2D eigenvalue weighted by atomic mass is 10.1. The highest BCUT2D eigenvalue weighted by atomic mass is 19.1. The summed E-state index contributed by atoms with van der Waals surface area (Å²) in [5, 5.41) is 0. The summed E-state index contributed by atoms with van der Waals surface area (Å²) in [5.41, 5.74) is 2.03. The molecule has 6 heteroatoms. The summed E-state index contributed by atoms with van der Waals surface area (Å²) < 4.78 is 25.0. The number of carbonyl (C=O) groups excluding carboxylic acids is 1. The zero-order valence-electron chi connectivity index (χ0n) is 17.8. The Hall–Kier alpha value is -3.12. The van der Waals surface area contributed by atoms with Crippen molar-refractivity contribution >= 4 is 5.91 Å². The van der Waals surface area contributed by atoms with Crippen molar-refractivity contribution in [1.82, 2.24) is 4.90 Å². The van der Waals surface area contributed by atoms with Gasteiger partial charge in [-0.25, -0.2) is 4.39 Å². The standard InChI is InChI=1S/C25H27FN2O3/c1-30-22-9-5-7-20(15-22)17-27(16-19-6-4-8-21(26)14-19)18-23-10-11-24(31-23)25(29)28-12-2-3-13-28/h4-11,14-15H,2-3,12-13,16-18H2,1H3/p+1. The van der Waals surface area contributed by atoms with E-state index in [2.05, 4.69) is 6.07 Å². The van der Waals surface area contributed by atoms with E-state index in [4.69, 9.17) is 9.15 Å². The number of nitrogens with zero attached hydrogens (tertiary/aromatic N) is 1. The molecule has 0 bridgehead atoms. The van der Waals surface area contributed by atoms with Crippen LogP contribution in [0.5, 0.6) is 5.75 Å². The lowest BCUT2D eigenvalue weighted by Gasteiger charge is -2.19. The maximum Gasteiger partial charge on any atom is 0.289 e. The van der Waals surface area contributed by atoms with Crippen molar-refractivity contribution in [3.05, 3.63) is 89.1 Å². The number of hydrogen-bond acceptors (Lipinski definition) is 3. The highest BCUT2D eigenvalue weighted by Gasteiger charge is 2.23. The Balaban J connectivity index is 1.51. The van der Waals surface area contributed by atoms with Crippen LogP contribution in [0.3, 0.4) is 0 Å². The summed E-state index contributed by atoms with van der Waals surface area (Å²) in [6.45, 7) is 3.51. The number of hydrogen-bond donors (Lipinski definition) is 1. The highest BCUT2D eigenvalue weighted by Crippen LogP contribution is 2.16. The Morgan fingerprint density at radius 2 is 1.71 bits per heavy atom. The number of amides is 1. The van der Waals surface area contributed by atoms with Crippen molar-refractivity contribution in [2.24, 2.45) is 0 Å². The molecule has 1 amide bonds. The molecule has 1 unspecified atom stereocenters. The Bertz CT molecular complexity index is 1030. The van der Waals surface area contributed by atoms with Gasteiger partial charge in [0.2, 0.25) is 0 Å². The molecule has 2 aromatic carbocycles. The summed E-state index contributed by atoms with van der Waals surface area (Å²) in [7, 11) is 1.65. The van der Waals surface area contributed by atoms with Gasteiger partial charge in [-0.15, -0.1) is 0 Å². The average Bonchev–Trinajstić information content (AvgIpc) is 3.46. The van der Waals surface area contributed by atoms with Gasteiger partial charge in [-0.1, -0.05) is 24.3 Å². The fourth-order valence-electron chi connectivity index (χ4n) is 4.10. The Kier molecular flexibility index (Phi) is 6.67. The summed E-state index contributed by atoms with van der Waals surface area (Å²) in [6, 6.07) is 18.3. The second-order valence-electron chi connectivity index (χ2n) is 8.03. The molecule has 31 heavy (non-hydrogen) atoms. The summed E-state index contributed by atoms with van der Waals surface area (Å²) in [4.78, 5) is 15.6. The second kappa shape index (κ2) is 9.79. The van der Waals surface area contributed by atoms with Crippen LogP contribution < -0.4 is 9.64 Å². The van der Waals surface area contributed by atoms with Crippen LogP contribution >= 0.6 is 0 Å². The molecule has 1 aliphatic heterocycles. The zero-order valence-corrected chi connectivity index (χ0v) is 17.8. The van der Waals surface area contributed by atoms with Gasteiger partial charge in [-0.05, 0) is 49.2 Å². The number of benzene rings is 2. The molecule has 1 saturated heterocycles. The van der Waals surface area contributed by atoms with Gasteiger partial charge in [-0.2, -0.15) is 0 Å². The topological polar surface area (TPSA) is 47.1 Å². The number of nitrogens with one attached hydrogen (secondary N) is 1. The molecule has 1 aromatic heterocycles. The van der Waals surface area contributed by atoms with Gasteiger partial charge in [-0.3, -0.25) is 4.79 Å². The Morgan fingerprint density at radius 1 is 1.00 bits per heavy atom. The van der Waals surface area contributed by atoms with Crippen LogP contribution in [0.1, 0.15) is 40.3 Å². The van der Waals surface area contributed by atoms with E-state index in [1.165, 1.54) is 11.0 Å². The third-order valence-corrected chi connectivity index (χ3v) is 5.62. The molecular formula is C25H28FN2O3+. The van der Waals surface area contributed by atoms with E-state index < -0.39 is 0 Å². The van der Waals surface area contributed by atoms with Crippen LogP contribution in [-0.2, 0) is 19.6 Å². The minimum absolute atomic E-state index is 0.0387. The van der Waals surface area contributed by atoms with E-state index in [0.717, 1.165) is 48.6 Å². The van der Waals surface area contributed by atoms with Crippen LogP contribution in [0.25, 0.3) is 0 Å². The number of furan rings is 1. The van der Waals surface area contributed by atoms with Crippen LogP contribution in [0.4, 0.5) is 4.39 Å². The van der Waals surface area contributed by atoms with Crippen molar-refractivity contribution in [2.75, 3.05) is 20.2 Å². The van der Waals surface area contributed by atoms with Crippen LogP contribution in [0.2, 0.25) is 0 Å². The van der Waals surface area contributed by atoms with Crippen molar-refractivity contribution in [3.8, 4) is 5.75 Å². The molecule has 1 atom stereocenters. The minimum atomic E-state index is -0.241. The number of methoxy groups -OCH3 is 1. The van der Waals surface area contributed by atoms with Gasteiger partial charge in [0.05, 0.1) is 7.11 Å². The monoisotopic (exact) mass is 423 g/mol. The predicted molar refractivity (Wildman–Crippen MR) is 115 cm³/mol. The third-order valence-electron chi connectivity index (χ3n) is 5.62. The maximum atomic E-state index is 13.7. The molecule has 2 heterocycles. The molecule has 1 aliphatic rings. The number of halogens is 1. The van der Waals surface area contributed by atoms with Gasteiger partial charge in [0.1, 0.15) is 31.2 Å². The average molecular weight is 424 g/mol. The highest BCUT2D eigenvalue weighted by molar-refractivity contribution is 5.91. The lowest BCUT2D eigenvalue weighted by Crippen LogP contribution is -3.08.